The molecule has 1 amide bonds. The van der Waals surface area contributed by atoms with E-state index in [1.165, 1.54) is 167 Å². The number of amides is 1. The van der Waals surface area contributed by atoms with E-state index in [4.69, 9.17) is 9.47 Å². The second-order valence-electron chi connectivity index (χ2n) is 21.0. The van der Waals surface area contributed by atoms with Gasteiger partial charge in [-0.15, -0.1) is 0 Å². The number of unbranched alkanes of at least 4 members (excludes halogenated alkanes) is 31. The normalized spacial score (nSPS) is 20.4. The summed E-state index contributed by atoms with van der Waals surface area (Å²) in [5.74, 6) is -0.711. The number of hydrogen-bond donors (Lipinski definition) is 8. The molecular formula is C61H113NO10. The van der Waals surface area contributed by atoms with E-state index in [0.29, 0.717) is 19.3 Å². The standard InChI is InChI=1S/C61H113NO10/c1-3-5-7-9-11-13-15-17-19-20-21-22-23-24-25-26-27-28-29-30-31-32-33-35-37-39-41-43-45-47-49-54(65)60(70)62-52(51-71-61-59(69)58(68)57(67)55(50-63)72-61)56(66)53(64)48-46-44-42-40-38-36-34-18-16-14-12-10-8-6-4-2/h10,12,18,24-25,34,40,42,52-59,61,63-69H,3-9,11,13-17,19-23,26-33,35-39,41,43-51H2,1-2H3,(H,62,70)/b12-10+,25-24-,34-18+,42-40+. The topological polar surface area (TPSA) is 189 Å². The van der Waals surface area contributed by atoms with Crippen molar-refractivity contribution in [2.45, 2.75) is 319 Å². The molecule has 0 saturated carbocycles. The van der Waals surface area contributed by atoms with Gasteiger partial charge in [0.1, 0.15) is 36.6 Å². The third kappa shape index (κ3) is 37.7. The number of hydrogen-bond acceptors (Lipinski definition) is 10. The Morgan fingerprint density at radius 1 is 0.472 bits per heavy atom. The fourth-order valence-electron chi connectivity index (χ4n) is 9.40. The first-order valence-electron chi connectivity index (χ1n) is 30.0. The molecule has 1 aliphatic heterocycles. The smallest absolute Gasteiger partial charge is 0.249 e. The Bertz CT molecular complexity index is 1310. The van der Waals surface area contributed by atoms with Crippen LogP contribution in [-0.4, -0.2) is 110 Å². The lowest BCUT2D eigenvalue weighted by molar-refractivity contribution is -0.303. The molecule has 422 valence electrons. The summed E-state index contributed by atoms with van der Waals surface area (Å²) in [7, 11) is 0. The van der Waals surface area contributed by atoms with Crippen LogP contribution in [0.2, 0.25) is 0 Å². The van der Waals surface area contributed by atoms with Gasteiger partial charge in [-0.3, -0.25) is 4.79 Å². The molecule has 1 heterocycles. The van der Waals surface area contributed by atoms with Crippen molar-refractivity contribution in [3.05, 3.63) is 48.6 Å². The van der Waals surface area contributed by atoms with Crippen LogP contribution in [0.4, 0.5) is 0 Å². The van der Waals surface area contributed by atoms with Gasteiger partial charge in [0.05, 0.1) is 25.4 Å². The third-order valence-electron chi connectivity index (χ3n) is 14.3. The highest BCUT2D eigenvalue weighted by Gasteiger charge is 2.44. The number of rotatable bonds is 51. The van der Waals surface area contributed by atoms with Crippen LogP contribution >= 0.6 is 0 Å². The van der Waals surface area contributed by atoms with Crippen LogP contribution in [0.1, 0.15) is 264 Å². The minimum Gasteiger partial charge on any atom is -0.394 e. The number of ether oxygens (including phenoxy) is 2. The molecule has 0 radical (unpaired) electrons. The summed E-state index contributed by atoms with van der Waals surface area (Å²) >= 11 is 0. The molecule has 1 fully saturated rings. The van der Waals surface area contributed by atoms with Crippen LogP contribution in [0, 0.1) is 0 Å². The Morgan fingerprint density at radius 3 is 1.28 bits per heavy atom. The zero-order valence-electron chi connectivity index (χ0n) is 46.2. The molecule has 11 heteroatoms. The number of nitrogens with one attached hydrogen (secondary N) is 1. The molecule has 0 aromatic carbocycles. The van der Waals surface area contributed by atoms with E-state index in [-0.39, 0.29) is 12.8 Å². The zero-order valence-corrected chi connectivity index (χ0v) is 46.2. The second kappa shape index (κ2) is 49.9. The molecule has 1 aliphatic rings. The van der Waals surface area contributed by atoms with Crippen molar-refractivity contribution >= 4 is 5.91 Å². The van der Waals surface area contributed by atoms with Crippen LogP contribution in [-0.2, 0) is 14.3 Å². The number of carbonyl (C=O) groups excluding carboxylic acids is 1. The highest BCUT2D eigenvalue weighted by atomic mass is 16.7. The first-order valence-corrected chi connectivity index (χ1v) is 30.0. The lowest BCUT2D eigenvalue weighted by Gasteiger charge is -2.40. The van der Waals surface area contributed by atoms with Crippen molar-refractivity contribution in [2.75, 3.05) is 13.2 Å². The number of aliphatic hydroxyl groups is 7. The summed E-state index contributed by atoms with van der Waals surface area (Å²) in [5, 5.41) is 76.0. The van der Waals surface area contributed by atoms with Gasteiger partial charge < -0.3 is 50.5 Å². The molecule has 8 N–H and O–H groups in total. The summed E-state index contributed by atoms with van der Waals surface area (Å²) in [6.07, 6.45) is 51.8. The molecule has 0 spiro atoms. The van der Waals surface area contributed by atoms with Gasteiger partial charge in [0.15, 0.2) is 6.29 Å². The molecule has 0 aromatic heterocycles. The molecular weight excluding hydrogens is 907 g/mol. The van der Waals surface area contributed by atoms with E-state index in [1.807, 2.05) is 0 Å². The average molecular weight is 1020 g/mol. The Balaban J connectivity index is 2.24. The van der Waals surface area contributed by atoms with Gasteiger partial charge in [-0.2, -0.15) is 0 Å². The fourth-order valence-corrected chi connectivity index (χ4v) is 9.40. The van der Waals surface area contributed by atoms with Crippen molar-refractivity contribution < 1.29 is 50.0 Å². The van der Waals surface area contributed by atoms with Gasteiger partial charge in [0.2, 0.25) is 5.91 Å². The van der Waals surface area contributed by atoms with Crippen LogP contribution in [0.15, 0.2) is 48.6 Å². The van der Waals surface area contributed by atoms with Crippen LogP contribution in [0.25, 0.3) is 0 Å². The van der Waals surface area contributed by atoms with Gasteiger partial charge in [-0.05, 0) is 83.5 Å². The maximum atomic E-state index is 13.2. The largest absolute Gasteiger partial charge is 0.394 e. The Labute approximate surface area is 440 Å². The van der Waals surface area contributed by atoms with Crippen LogP contribution < -0.4 is 5.32 Å². The van der Waals surface area contributed by atoms with Crippen molar-refractivity contribution in [1.29, 1.82) is 0 Å². The Hall–Kier alpha value is -1.93. The van der Waals surface area contributed by atoms with Gasteiger partial charge >= 0.3 is 0 Å². The van der Waals surface area contributed by atoms with Gasteiger partial charge in [0, 0.05) is 0 Å². The Kier molecular flexibility index (Phi) is 47.2. The number of allylic oxidation sites excluding steroid dienone is 8. The van der Waals surface area contributed by atoms with Gasteiger partial charge in [-0.1, -0.05) is 229 Å². The molecule has 0 aliphatic carbocycles. The SMILES string of the molecule is CCCC/C=C/CC/C=C/CC/C=C/CCCC(O)C(O)C(COC1OC(CO)C(O)C(O)C1O)NC(=O)C(O)CCCCCCCCCCCCCCCC/C=C\CCCCCCCCCCCCCC. The Morgan fingerprint density at radius 2 is 0.847 bits per heavy atom. The molecule has 9 unspecified atom stereocenters. The number of carbonyl (C=O) groups is 1. The first kappa shape index (κ1) is 68.1. The maximum absolute atomic E-state index is 13.2. The van der Waals surface area contributed by atoms with E-state index in [0.717, 1.165) is 51.4 Å². The van der Waals surface area contributed by atoms with Crippen molar-refractivity contribution in [3.63, 3.8) is 0 Å². The van der Waals surface area contributed by atoms with E-state index in [9.17, 15) is 40.5 Å². The predicted octanol–water partition coefficient (Wildman–Crippen LogP) is 12.8. The van der Waals surface area contributed by atoms with Crippen molar-refractivity contribution in [3.8, 4) is 0 Å². The fraction of sp³-hybridized carbons (Fsp3) is 0.852. The third-order valence-corrected chi connectivity index (χ3v) is 14.3. The molecule has 1 rings (SSSR count). The van der Waals surface area contributed by atoms with Gasteiger partial charge in [-0.25, -0.2) is 0 Å². The van der Waals surface area contributed by atoms with E-state index >= 15 is 0 Å². The van der Waals surface area contributed by atoms with Crippen molar-refractivity contribution in [2.24, 2.45) is 0 Å². The summed E-state index contributed by atoms with van der Waals surface area (Å²) < 4.78 is 11.1. The maximum Gasteiger partial charge on any atom is 0.249 e. The molecule has 1 saturated heterocycles. The summed E-state index contributed by atoms with van der Waals surface area (Å²) in [4.78, 5) is 13.2. The quantitative estimate of drug-likeness (QED) is 0.0215. The van der Waals surface area contributed by atoms with Crippen LogP contribution in [0.5, 0.6) is 0 Å². The van der Waals surface area contributed by atoms with E-state index in [2.05, 4.69) is 67.8 Å². The summed E-state index contributed by atoms with van der Waals surface area (Å²) in [6.45, 7) is 3.40. The summed E-state index contributed by atoms with van der Waals surface area (Å²) in [5.41, 5.74) is 0. The van der Waals surface area contributed by atoms with E-state index in [1.54, 1.807) is 0 Å². The predicted molar refractivity (Wildman–Crippen MR) is 298 cm³/mol. The minimum atomic E-state index is -1.67. The minimum absolute atomic E-state index is 0.240. The lowest BCUT2D eigenvalue weighted by Crippen LogP contribution is -2.60. The molecule has 72 heavy (non-hydrogen) atoms. The highest BCUT2D eigenvalue weighted by Crippen LogP contribution is 2.23. The second-order valence-corrected chi connectivity index (χ2v) is 21.0. The highest BCUT2D eigenvalue weighted by molar-refractivity contribution is 5.80. The monoisotopic (exact) mass is 1020 g/mol. The van der Waals surface area contributed by atoms with Gasteiger partial charge in [0.25, 0.3) is 0 Å². The average Bonchev–Trinajstić information content (AvgIpc) is 3.38. The molecule has 11 nitrogen and oxygen atoms in total. The molecule has 0 bridgehead atoms. The number of aliphatic hydroxyl groups excluding tert-OH is 7. The summed E-state index contributed by atoms with van der Waals surface area (Å²) in [6, 6.07) is -1.19. The lowest BCUT2D eigenvalue weighted by atomic mass is 9.98. The van der Waals surface area contributed by atoms with E-state index < -0.39 is 74.2 Å². The van der Waals surface area contributed by atoms with Crippen LogP contribution in [0.3, 0.4) is 0 Å². The zero-order chi connectivity index (χ0) is 52.5. The molecule has 0 aromatic rings. The molecule has 9 atom stereocenters. The van der Waals surface area contributed by atoms with Crippen molar-refractivity contribution in [1.82, 2.24) is 5.32 Å². The first-order chi connectivity index (χ1) is 35.2.